The number of aromatic nitrogens is 1. The Morgan fingerprint density at radius 2 is 1.97 bits per heavy atom. The van der Waals surface area contributed by atoms with Gasteiger partial charge in [-0.3, -0.25) is 14.9 Å². The minimum absolute atomic E-state index is 0.0915. The van der Waals surface area contributed by atoms with Gasteiger partial charge in [-0.2, -0.15) is 0 Å². The fourth-order valence-corrected chi connectivity index (χ4v) is 5.62. The van der Waals surface area contributed by atoms with Crippen molar-refractivity contribution in [1.82, 2.24) is 15.6 Å². The van der Waals surface area contributed by atoms with Gasteiger partial charge in [0.1, 0.15) is 16.2 Å². The molecule has 2 amide bonds. The van der Waals surface area contributed by atoms with Crippen LogP contribution in [0.1, 0.15) is 23.3 Å². The predicted molar refractivity (Wildman–Crippen MR) is 120 cm³/mol. The maximum Gasteiger partial charge on any atom is 0.275 e. The molecule has 2 fully saturated rings. The molecular formula is C21H21N5O2S2. The molecule has 2 aromatic heterocycles. The number of amides is 2. The third-order valence-electron chi connectivity index (χ3n) is 5.69. The summed E-state index contributed by atoms with van der Waals surface area (Å²) in [7, 11) is 0. The Balaban J connectivity index is 1.31. The quantitative estimate of drug-likeness (QED) is 0.582. The molecule has 0 unspecified atom stereocenters. The minimum Gasteiger partial charge on any atom is -0.370 e. The number of rotatable bonds is 4. The highest BCUT2D eigenvalue weighted by molar-refractivity contribution is 7.20. The van der Waals surface area contributed by atoms with Gasteiger partial charge in [0.15, 0.2) is 0 Å². The lowest BCUT2D eigenvalue weighted by atomic mass is 9.87. The minimum atomic E-state index is -0.451. The number of anilines is 2. The summed E-state index contributed by atoms with van der Waals surface area (Å²) in [6, 6.07) is 11.8. The van der Waals surface area contributed by atoms with Crippen molar-refractivity contribution in [2.45, 2.75) is 18.4 Å². The van der Waals surface area contributed by atoms with Gasteiger partial charge in [0, 0.05) is 18.5 Å². The number of hydrogen-bond donors (Lipinski definition) is 3. The van der Waals surface area contributed by atoms with Gasteiger partial charge in [-0.25, -0.2) is 4.98 Å². The van der Waals surface area contributed by atoms with Gasteiger partial charge in [0.2, 0.25) is 5.91 Å². The second-order valence-electron chi connectivity index (χ2n) is 7.42. The molecule has 0 radical (unpaired) electrons. The summed E-state index contributed by atoms with van der Waals surface area (Å²) < 4.78 is 0. The summed E-state index contributed by atoms with van der Waals surface area (Å²) in [6.07, 6.45) is 1.47. The topological polar surface area (TPSA) is 86.4 Å². The number of para-hydroxylation sites is 2. The van der Waals surface area contributed by atoms with Crippen molar-refractivity contribution < 1.29 is 9.59 Å². The van der Waals surface area contributed by atoms with Crippen molar-refractivity contribution in [2.24, 2.45) is 0 Å². The Labute approximate surface area is 182 Å². The molecule has 2 saturated heterocycles. The Kier molecular flexibility index (Phi) is 5.01. The van der Waals surface area contributed by atoms with E-state index in [-0.39, 0.29) is 11.8 Å². The molecule has 2 aliphatic rings. The van der Waals surface area contributed by atoms with Crippen LogP contribution in [-0.2, 0) is 4.79 Å². The third kappa shape index (κ3) is 3.49. The Morgan fingerprint density at radius 3 is 2.70 bits per heavy atom. The molecule has 0 bridgehead atoms. The highest BCUT2D eigenvalue weighted by Gasteiger charge is 2.44. The van der Waals surface area contributed by atoms with Crippen LogP contribution >= 0.6 is 22.7 Å². The summed E-state index contributed by atoms with van der Waals surface area (Å²) in [6.45, 7) is 2.02. The maximum atomic E-state index is 12.8. The van der Waals surface area contributed by atoms with E-state index in [2.05, 4.69) is 25.8 Å². The van der Waals surface area contributed by atoms with Gasteiger partial charge >= 0.3 is 0 Å². The van der Waals surface area contributed by atoms with Crippen LogP contribution in [0.15, 0.2) is 47.2 Å². The zero-order valence-electron chi connectivity index (χ0n) is 16.2. The summed E-state index contributed by atoms with van der Waals surface area (Å²) in [5.74, 6) is -0.124. The molecule has 0 saturated carbocycles. The predicted octanol–water partition coefficient (Wildman–Crippen LogP) is 3.14. The Morgan fingerprint density at radius 1 is 1.13 bits per heavy atom. The van der Waals surface area contributed by atoms with Crippen molar-refractivity contribution >= 4 is 45.9 Å². The largest absolute Gasteiger partial charge is 0.370 e. The van der Waals surface area contributed by atoms with Crippen LogP contribution < -0.4 is 20.9 Å². The average Bonchev–Trinajstić information content (AvgIpc) is 3.51. The van der Waals surface area contributed by atoms with Crippen molar-refractivity contribution in [2.75, 3.05) is 30.0 Å². The van der Waals surface area contributed by atoms with Crippen LogP contribution in [-0.4, -0.2) is 42.1 Å². The molecule has 30 heavy (non-hydrogen) atoms. The highest BCUT2D eigenvalue weighted by Crippen LogP contribution is 2.33. The van der Waals surface area contributed by atoms with Crippen LogP contribution in [0.5, 0.6) is 0 Å². The zero-order chi connectivity index (χ0) is 20.6. The number of piperidine rings is 1. The van der Waals surface area contributed by atoms with E-state index in [0.717, 1.165) is 47.2 Å². The molecule has 1 aromatic carbocycles. The normalized spacial score (nSPS) is 17.9. The van der Waals surface area contributed by atoms with Crippen molar-refractivity contribution in [3.05, 3.63) is 52.9 Å². The number of carbonyl (C=O) groups excluding carboxylic acids is 2. The zero-order valence-corrected chi connectivity index (χ0v) is 17.8. The number of thiazole rings is 1. The molecule has 9 heteroatoms. The van der Waals surface area contributed by atoms with Gasteiger partial charge in [-0.05, 0) is 36.4 Å². The molecule has 154 valence electrons. The van der Waals surface area contributed by atoms with E-state index in [1.807, 2.05) is 41.8 Å². The highest BCUT2D eigenvalue weighted by atomic mass is 32.1. The van der Waals surface area contributed by atoms with E-state index in [0.29, 0.717) is 12.4 Å². The standard InChI is InChI=1S/C21H21N5O2S2/c27-18(15-12-30-19(25-15)17-6-3-11-29-17)24-14-4-1-2-5-16(14)26-9-7-21(8-10-26)20(28)22-13-23-21/h1-6,11-12,23H,7-10,13H2,(H,22,28)(H,24,27). The molecule has 1 spiro atoms. The van der Waals surface area contributed by atoms with Crippen LogP contribution in [0.4, 0.5) is 11.4 Å². The monoisotopic (exact) mass is 439 g/mol. The fraction of sp³-hybridized carbons (Fsp3) is 0.286. The van der Waals surface area contributed by atoms with Crippen LogP contribution in [0.2, 0.25) is 0 Å². The van der Waals surface area contributed by atoms with Gasteiger partial charge in [-0.1, -0.05) is 18.2 Å². The first kappa shape index (κ1) is 19.2. The van der Waals surface area contributed by atoms with Crippen LogP contribution in [0, 0.1) is 0 Å². The summed E-state index contributed by atoms with van der Waals surface area (Å²) in [5.41, 5.74) is 1.69. The Bertz CT molecular complexity index is 1070. The van der Waals surface area contributed by atoms with E-state index in [4.69, 9.17) is 0 Å². The first-order valence-corrected chi connectivity index (χ1v) is 11.6. The molecule has 3 N–H and O–H groups in total. The van der Waals surface area contributed by atoms with Gasteiger partial charge < -0.3 is 15.5 Å². The second-order valence-corrected chi connectivity index (χ2v) is 9.22. The number of nitrogens with zero attached hydrogens (tertiary/aromatic N) is 2. The van der Waals surface area contributed by atoms with Crippen molar-refractivity contribution in [1.29, 1.82) is 0 Å². The van der Waals surface area contributed by atoms with E-state index in [1.165, 1.54) is 11.3 Å². The SMILES string of the molecule is O=C(Nc1ccccc1N1CCC2(CC1)NCNC2=O)c1csc(-c2cccs2)n1. The molecule has 5 rings (SSSR count). The number of carbonyl (C=O) groups is 2. The number of benzene rings is 1. The number of thiophene rings is 1. The summed E-state index contributed by atoms with van der Waals surface area (Å²) in [5, 5.41) is 13.9. The van der Waals surface area contributed by atoms with Crippen molar-refractivity contribution in [3.63, 3.8) is 0 Å². The molecule has 4 heterocycles. The van der Waals surface area contributed by atoms with E-state index in [1.54, 1.807) is 16.7 Å². The fourth-order valence-electron chi connectivity index (χ4n) is 4.01. The van der Waals surface area contributed by atoms with E-state index in [9.17, 15) is 9.59 Å². The van der Waals surface area contributed by atoms with E-state index < -0.39 is 5.54 Å². The first-order chi connectivity index (χ1) is 14.6. The lowest BCUT2D eigenvalue weighted by Crippen LogP contribution is -2.54. The van der Waals surface area contributed by atoms with Crippen LogP contribution in [0.3, 0.4) is 0 Å². The molecule has 0 atom stereocenters. The third-order valence-corrected chi connectivity index (χ3v) is 7.57. The van der Waals surface area contributed by atoms with Crippen LogP contribution in [0.25, 0.3) is 9.88 Å². The van der Waals surface area contributed by atoms with Gasteiger partial charge in [-0.15, -0.1) is 22.7 Å². The molecule has 0 aliphatic carbocycles. The maximum absolute atomic E-state index is 12.8. The Hall–Kier alpha value is -2.75. The summed E-state index contributed by atoms with van der Waals surface area (Å²) >= 11 is 3.08. The molecule has 2 aliphatic heterocycles. The smallest absolute Gasteiger partial charge is 0.275 e. The van der Waals surface area contributed by atoms with Gasteiger partial charge in [0.25, 0.3) is 5.91 Å². The van der Waals surface area contributed by atoms with E-state index >= 15 is 0 Å². The molecule has 3 aromatic rings. The van der Waals surface area contributed by atoms with Crippen molar-refractivity contribution in [3.8, 4) is 9.88 Å². The van der Waals surface area contributed by atoms with Gasteiger partial charge in [0.05, 0.1) is 22.9 Å². The molecular weight excluding hydrogens is 418 g/mol. The molecule has 7 nitrogen and oxygen atoms in total. The summed E-state index contributed by atoms with van der Waals surface area (Å²) in [4.78, 5) is 32.8. The lowest BCUT2D eigenvalue weighted by molar-refractivity contribution is -0.124. The number of hydrogen-bond acceptors (Lipinski definition) is 7. The second kappa shape index (κ2) is 7.82. The average molecular weight is 440 g/mol. The first-order valence-electron chi connectivity index (χ1n) is 9.83. The number of nitrogens with one attached hydrogen (secondary N) is 3. The lowest BCUT2D eigenvalue weighted by Gasteiger charge is -2.39.